The topological polar surface area (TPSA) is 152 Å². The maximum atomic E-state index is 13.0. The molecule has 1 spiro atoms. The van der Waals surface area contributed by atoms with Crippen LogP contribution in [0.4, 0.5) is 0 Å². The number of aldehydes is 1. The van der Waals surface area contributed by atoms with Crippen molar-refractivity contribution in [1.29, 1.82) is 0 Å². The average molecular weight is 843 g/mol. The van der Waals surface area contributed by atoms with Crippen LogP contribution in [0, 0.1) is 35.0 Å². The molecule has 1 aliphatic heterocycles. The summed E-state index contributed by atoms with van der Waals surface area (Å²) in [6.45, 7) is 13.8. The molecule has 1 aromatic carbocycles. The van der Waals surface area contributed by atoms with Crippen LogP contribution < -0.4 is 10.6 Å². The lowest BCUT2D eigenvalue weighted by atomic mass is 9.45. The van der Waals surface area contributed by atoms with E-state index in [2.05, 4.69) is 73.6 Å². The van der Waals surface area contributed by atoms with Crippen molar-refractivity contribution >= 4 is 6.29 Å². The van der Waals surface area contributed by atoms with E-state index in [1.54, 1.807) is 7.11 Å². The van der Waals surface area contributed by atoms with Crippen LogP contribution in [0.15, 0.2) is 95.2 Å². The summed E-state index contributed by atoms with van der Waals surface area (Å²) in [6, 6.07) is 8.68. The molecule has 338 valence electrons. The maximum absolute atomic E-state index is 13.0. The monoisotopic (exact) mass is 843 g/mol. The Bertz CT molecular complexity index is 1800. The first-order valence-corrected chi connectivity index (χ1v) is 23.2. The summed E-state index contributed by atoms with van der Waals surface area (Å²) in [5, 5.41) is 66.3. The number of unbranched alkanes of at least 4 members (excludes halogenated alkanes) is 2. The highest BCUT2D eigenvalue weighted by Crippen LogP contribution is 2.67. The van der Waals surface area contributed by atoms with Gasteiger partial charge in [-0.05, 0) is 144 Å². The summed E-state index contributed by atoms with van der Waals surface area (Å²) in [5.41, 5.74) is 3.96. The standard InChI is InChI=1S/C52H78N2O7/c1-8-9-10-17-45(57)43(16-11-13-35(2)41-19-18-36(3)49(59)54-50(5,26-29-61-7)32-39-15-12-14-38(30-39)31-41)44-22-24-52(48(44)58)47-40(23-28-55)20-21-42(46(47)37(4)34-56)33-51(52,60)25-27-53-6/h11-16,18,20-21,30,34,40-42,44-45,47-49,53-55,57-60H,2,8-10,17,19,22-29,31-33H2,1,3-7H3/b13-11+,36-18+,43-16+,46-37?/t40-,41+,42+,44+,45-,47+,48-,49-,50+,51-,52-/m1/s1. The van der Waals surface area contributed by atoms with Gasteiger partial charge in [-0.15, -0.1) is 0 Å². The van der Waals surface area contributed by atoms with Crippen molar-refractivity contribution in [3.63, 3.8) is 0 Å². The number of aliphatic hydroxyl groups excluding tert-OH is 4. The summed E-state index contributed by atoms with van der Waals surface area (Å²) < 4.78 is 5.43. The van der Waals surface area contributed by atoms with E-state index in [-0.39, 0.29) is 35.8 Å². The Labute approximate surface area is 366 Å². The Kier molecular flexibility index (Phi) is 17.7. The smallest absolute Gasteiger partial charge is 0.145 e. The summed E-state index contributed by atoms with van der Waals surface area (Å²) >= 11 is 0. The van der Waals surface area contributed by atoms with Crippen LogP contribution in [0.2, 0.25) is 0 Å². The zero-order valence-electron chi connectivity index (χ0n) is 38.0. The number of carbonyl (C=O) groups is 1. The van der Waals surface area contributed by atoms with Gasteiger partial charge in [0.2, 0.25) is 0 Å². The van der Waals surface area contributed by atoms with Crippen molar-refractivity contribution in [3.8, 4) is 0 Å². The summed E-state index contributed by atoms with van der Waals surface area (Å²) in [5.74, 6) is -1.01. The molecule has 1 aromatic rings. The van der Waals surface area contributed by atoms with Crippen molar-refractivity contribution in [2.24, 2.45) is 35.0 Å². The molecule has 9 nitrogen and oxygen atoms in total. The van der Waals surface area contributed by atoms with Crippen LogP contribution in [0.5, 0.6) is 0 Å². The van der Waals surface area contributed by atoms with Crippen molar-refractivity contribution in [2.75, 3.05) is 33.9 Å². The molecule has 0 radical (unpaired) electrons. The van der Waals surface area contributed by atoms with E-state index in [1.807, 2.05) is 39.1 Å². The van der Waals surface area contributed by atoms with Gasteiger partial charge in [0.15, 0.2) is 0 Å². The Morgan fingerprint density at radius 2 is 1.93 bits per heavy atom. The number of allylic oxidation sites excluding steroid dienone is 9. The second kappa shape index (κ2) is 22.1. The van der Waals surface area contributed by atoms with Crippen molar-refractivity contribution in [1.82, 2.24) is 10.6 Å². The lowest BCUT2D eigenvalue weighted by Gasteiger charge is -2.61. The molecule has 7 N–H and O–H groups in total. The van der Waals surface area contributed by atoms with Gasteiger partial charge in [0.25, 0.3) is 0 Å². The second-order valence-electron chi connectivity index (χ2n) is 19.2. The Balaban J connectivity index is 1.51. The maximum Gasteiger partial charge on any atom is 0.145 e. The zero-order valence-corrected chi connectivity index (χ0v) is 38.0. The Morgan fingerprint density at radius 3 is 2.64 bits per heavy atom. The fourth-order valence-electron chi connectivity index (χ4n) is 11.6. The number of rotatable bonds is 18. The van der Waals surface area contributed by atoms with E-state index in [9.17, 15) is 30.3 Å². The molecule has 1 heterocycles. The van der Waals surface area contributed by atoms with E-state index >= 15 is 0 Å². The first-order chi connectivity index (χ1) is 29.2. The number of hydrogen-bond donors (Lipinski definition) is 7. The number of ether oxygens (including phenoxy) is 1. The molecular formula is C52H78N2O7. The van der Waals surface area contributed by atoms with E-state index in [1.165, 1.54) is 11.1 Å². The van der Waals surface area contributed by atoms with Crippen molar-refractivity contribution in [2.45, 2.75) is 141 Å². The van der Waals surface area contributed by atoms with Gasteiger partial charge in [-0.2, -0.15) is 0 Å². The predicted molar refractivity (Wildman–Crippen MR) is 246 cm³/mol. The zero-order chi connectivity index (χ0) is 44.4. The highest BCUT2D eigenvalue weighted by Gasteiger charge is 2.68. The van der Waals surface area contributed by atoms with Crippen LogP contribution in [-0.2, 0) is 22.4 Å². The van der Waals surface area contributed by atoms with Crippen molar-refractivity contribution in [3.05, 3.63) is 106 Å². The van der Waals surface area contributed by atoms with Gasteiger partial charge in [0.1, 0.15) is 12.5 Å². The van der Waals surface area contributed by atoms with Gasteiger partial charge < -0.3 is 35.6 Å². The third kappa shape index (κ3) is 11.0. The van der Waals surface area contributed by atoms with Crippen LogP contribution in [0.25, 0.3) is 0 Å². The molecule has 4 bridgehead atoms. The molecule has 11 atom stereocenters. The fourth-order valence-corrected chi connectivity index (χ4v) is 11.6. The molecule has 2 saturated carbocycles. The molecule has 3 aliphatic carbocycles. The van der Waals surface area contributed by atoms with E-state index < -0.39 is 35.4 Å². The number of methoxy groups -OCH3 is 1. The van der Waals surface area contributed by atoms with E-state index in [0.29, 0.717) is 63.7 Å². The minimum absolute atomic E-state index is 0.0440. The molecule has 5 rings (SSSR count). The quantitative estimate of drug-likeness (QED) is 0.0267. The van der Waals surface area contributed by atoms with Crippen LogP contribution in [-0.4, -0.2) is 95.3 Å². The average Bonchev–Trinajstić information content (AvgIpc) is 3.58. The fraction of sp³-hybridized carbons (Fsp3) is 0.635. The molecule has 61 heavy (non-hydrogen) atoms. The number of aliphatic hydroxyl groups is 5. The lowest BCUT2D eigenvalue weighted by molar-refractivity contribution is -0.194. The summed E-state index contributed by atoms with van der Waals surface area (Å²) in [6.07, 6.45) is 19.4. The highest BCUT2D eigenvalue weighted by atomic mass is 16.5. The molecule has 0 amide bonds. The van der Waals surface area contributed by atoms with Gasteiger partial charge in [0.05, 0.1) is 17.8 Å². The van der Waals surface area contributed by atoms with Gasteiger partial charge >= 0.3 is 0 Å². The van der Waals surface area contributed by atoms with Crippen molar-refractivity contribution < 1.29 is 35.1 Å². The molecule has 0 saturated heterocycles. The van der Waals surface area contributed by atoms with Crippen LogP contribution >= 0.6 is 0 Å². The largest absolute Gasteiger partial charge is 0.396 e. The van der Waals surface area contributed by atoms with Gasteiger partial charge in [0, 0.05) is 43.1 Å². The van der Waals surface area contributed by atoms with Crippen LogP contribution in [0.1, 0.15) is 109 Å². The molecule has 4 aliphatic rings. The number of nitrogens with one attached hydrogen (secondary N) is 2. The Morgan fingerprint density at radius 1 is 1.16 bits per heavy atom. The number of benzene rings is 1. The Hall–Kier alpha value is -2.99. The normalized spacial score (nSPS) is 35.4. The third-order valence-corrected chi connectivity index (χ3v) is 15.0. The SMILES string of the molecule is C=C(/C=C/C=C(/[C@H](O)CCCCC)[C@@H]1CC[C@]2([C@@H]1O)[C@@H]1C(=C(C)C=O)[C@@H](C=C[C@@H]1CCO)C[C@]2(O)CCNC)[C@H]1C/C=C(\C)[C@@H](O)N[C@@](C)(CCOC)Cc2cccc(c2)C1. The van der Waals surface area contributed by atoms with E-state index in [4.69, 9.17) is 4.74 Å². The first-order valence-electron chi connectivity index (χ1n) is 23.2. The van der Waals surface area contributed by atoms with Gasteiger partial charge in [-0.25, -0.2) is 0 Å². The van der Waals surface area contributed by atoms with Gasteiger partial charge in [-0.1, -0.05) is 105 Å². The molecule has 9 heteroatoms. The van der Waals surface area contributed by atoms with E-state index in [0.717, 1.165) is 67.1 Å². The lowest BCUT2D eigenvalue weighted by Crippen LogP contribution is -2.65. The molecule has 0 aromatic heterocycles. The minimum atomic E-state index is -1.25. The minimum Gasteiger partial charge on any atom is -0.396 e. The third-order valence-electron chi connectivity index (χ3n) is 15.0. The molecule has 0 unspecified atom stereocenters. The van der Waals surface area contributed by atoms with Crippen LogP contribution in [0.3, 0.4) is 0 Å². The number of hydrogen-bond acceptors (Lipinski definition) is 9. The first kappa shape index (κ1) is 49.0. The molecular weight excluding hydrogens is 765 g/mol. The predicted octanol–water partition coefficient (Wildman–Crippen LogP) is 7.24. The highest BCUT2D eigenvalue weighted by molar-refractivity contribution is 5.74. The number of carbonyl (C=O) groups excluding carboxylic acids is 1. The summed E-state index contributed by atoms with van der Waals surface area (Å²) in [4.78, 5) is 12.5. The second-order valence-corrected chi connectivity index (χ2v) is 19.2. The van der Waals surface area contributed by atoms with Gasteiger partial charge in [-0.3, -0.25) is 10.1 Å². The number of fused-ring (bicyclic) bond motifs is 5. The molecule has 2 fully saturated rings. The summed E-state index contributed by atoms with van der Waals surface area (Å²) in [7, 11) is 3.57.